The second-order valence-corrected chi connectivity index (χ2v) is 24.2. The molecule has 0 N–H and O–H groups in total. The van der Waals surface area contributed by atoms with Crippen LogP contribution in [0.1, 0.15) is 95.9 Å². The average molecular weight is 729 g/mol. The van der Waals surface area contributed by atoms with Crippen molar-refractivity contribution in [3.8, 4) is 28.7 Å². The van der Waals surface area contributed by atoms with Crippen LogP contribution in [0.15, 0.2) is 12.1 Å². The van der Waals surface area contributed by atoms with Crippen molar-refractivity contribution in [2.75, 3.05) is 13.2 Å². The maximum absolute atomic E-state index is 12.6. The summed E-state index contributed by atoms with van der Waals surface area (Å²) in [4.78, 5) is 49.2. The maximum atomic E-state index is 12.6. The summed E-state index contributed by atoms with van der Waals surface area (Å²) in [7, 11) is -3.76. The Morgan fingerprint density at radius 1 is 0.680 bits per heavy atom. The van der Waals surface area contributed by atoms with Crippen LogP contribution in [0, 0.1) is 22.9 Å². The van der Waals surface area contributed by atoms with Gasteiger partial charge in [-0.2, -0.15) is 0 Å². The average Bonchev–Trinajstić information content (AvgIpc) is 2.98. The monoisotopic (exact) mass is 728 g/mol. The molecule has 1 heterocycles. The summed E-state index contributed by atoms with van der Waals surface area (Å²) in [6, 6.07) is 3.68. The molecule has 0 aromatic heterocycles. The van der Waals surface area contributed by atoms with Crippen molar-refractivity contribution in [3.05, 3.63) is 28.8 Å². The highest BCUT2D eigenvalue weighted by molar-refractivity contribution is 6.84. The van der Waals surface area contributed by atoms with Gasteiger partial charge in [0.1, 0.15) is 40.7 Å². The molecule has 1 aromatic rings. The van der Waals surface area contributed by atoms with E-state index in [2.05, 4.69) is 69.1 Å². The van der Waals surface area contributed by atoms with E-state index in [4.69, 9.17) is 28.4 Å². The van der Waals surface area contributed by atoms with E-state index in [1.165, 1.54) is 47.0 Å². The lowest BCUT2D eigenvalue weighted by atomic mass is 9.87. The summed E-state index contributed by atoms with van der Waals surface area (Å²) in [5, 5.41) is 0. The summed E-state index contributed by atoms with van der Waals surface area (Å²) < 4.78 is 35.4. The Morgan fingerprint density at radius 2 is 1.20 bits per heavy atom. The fourth-order valence-corrected chi connectivity index (χ4v) is 6.23. The largest absolute Gasteiger partial charge is 0.492 e. The number of hydrogen-bond acceptors (Lipinski definition) is 10. The summed E-state index contributed by atoms with van der Waals surface area (Å²) >= 11 is 0. The first-order valence-electron chi connectivity index (χ1n) is 17.5. The fourth-order valence-electron chi connectivity index (χ4n) is 5.21. The molecule has 1 saturated heterocycles. The summed E-state index contributed by atoms with van der Waals surface area (Å²) in [5.41, 5.74) is 8.53. The molecule has 0 spiro atoms. The third kappa shape index (κ3) is 15.1. The van der Waals surface area contributed by atoms with Crippen LogP contribution in [0.2, 0.25) is 39.3 Å². The third-order valence-corrected chi connectivity index (χ3v) is 9.10. The molecule has 0 radical (unpaired) electrons. The summed E-state index contributed by atoms with van der Waals surface area (Å²) in [5.74, 6) is 4.62. The van der Waals surface area contributed by atoms with Gasteiger partial charge in [0.2, 0.25) is 0 Å². The van der Waals surface area contributed by atoms with Crippen LogP contribution in [0.5, 0.6) is 5.75 Å². The highest BCUT2D eigenvalue weighted by atomic mass is 28.3. The minimum atomic E-state index is -1.91. The van der Waals surface area contributed by atoms with Gasteiger partial charge in [-0.1, -0.05) is 90.2 Å². The van der Waals surface area contributed by atoms with E-state index in [9.17, 15) is 19.2 Å². The molecule has 0 saturated carbocycles. The van der Waals surface area contributed by atoms with Crippen LogP contribution in [0.25, 0.3) is 0 Å². The maximum Gasteiger partial charge on any atom is 0.303 e. The van der Waals surface area contributed by atoms with Gasteiger partial charge in [-0.15, -0.1) is 11.1 Å². The van der Waals surface area contributed by atoms with Crippen LogP contribution in [-0.2, 0) is 42.9 Å². The Morgan fingerprint density at radius 3 is 1.74 bits per heavy atom. The predicted octanol–water partition coefficient (Wildman–Crippen LogP) is 6.68. The van der Waals surface area contributed by atoms with Gasteiger partial charge < -0.3 is 28.4 Å². The van der Waals surface area contributed by atoms with Crippen molar-refractivity contribution >= 4 is 40.0 Å². The van der Waals surface area contributed by atoms with Crippen molar-refractivity contribution in [2.45, 2.75) is 143 Å². The van der Waals surface area contributed by atoms with Gasteiger partial charge in [0, 0.05) is 38.8 Å². The topological polar surface area (TPSA) is 124 Å². The summed E-state index contributed by atoms with van der Waals surface area (Å²) in [6.45, 7) is 20.0. The first-order valence-corrected chi connectivity index (χ1v) is 24.5. The van der Waals surface area contributed by atoms with Gasteiger partial charge >= 0.3 is 23.9 Å². The number of esters is 4. The Kier molecular flexibility index (Phi) is 16.8. The van der Waals surface area contributed by atoms with E-state index in [0.29, 0.717) is 29.0 Å². The molecule has 0 aliphatic carbocycles. The van der Waals surface area contributed by atoms with Crippen molar-refractivity contribution < 1.29 is 47.6 Å². The number of carbonyl (C=O) groups excluding carboxylic acids is 4. The SMILES string of the molecule is CCCCCCCCOc1cc(C#C[Si](C)(C)C)c([C@@H]2O[C@H](COC(C)=O)[C@@H](OC(C)=O)[C@H](OC(C)=O)[C@H]2OC(C)=O)cc1C#C[Si](C)(C)C. The molecule has 1 fully saturated rings. The van der Waals surface area contributed by atoms with Crippen LogP contribution in [-0.4, -0.2) is 77.7 Å². The van der Waals surface area contributed by atoms with Gasteiger partial charge in [-0.3, -0.25) is 19.2 Å². The first-order chi connectivity index (χ1) is 23.3. The molecule has 1 aliphatic heterocycles. The van der Waals surface area contributed by atoms with Gasteiger partial charge in [0.25, 0.3) is 0 Å². The van der Waals surface area contributed by atoms with Crippen molar-refractivity contribution in [2.24, 2.45) is 0 Å². The number of ether oxygens (including phenoxy) is 6. The zero-order chi connectivity index (χ0) is 37.6. The Hall–Kier alpha value is -3.59. The number of unbranched alkanes of at least 4 members (excludes halogenated alkanes) is 5. The number of carbonyl (C=O) groups is 4. The van der Waals surface area contributed by atoms with Gasteiger partial charge in [-0.25, -0.2) is 0 Å². The van der Waals surface area contributed by atoms with Gasteiger partial charge in [-0.05, 0) is 18.6 Å². The molecule has 1 aliphatic rings. The number of hydrogen-bond donors (Lipinski definition) is 0. The number of rotatable bonds is 14. The van der Waals surface area contributed by atoms with Crippen molar-refractivity contribution in [3.63, 3.8) is 0 Å². The van der Waals surface area contributed by atoms with Crippen molar-refractivity contribution in [1.29, 1.82) is 0 Å². The van der Waals surface area contributed by atoms with Crippen LogP contribution in [0.4, 0.5) is 0 Å². The zero-order valence-electron chi connectivity index (χ0n) is 31.8. The van der Waals surface area contributed by atoms with Crippen LogP contribution >= 0.6 is 0 Å². The molecule has 50 heavy (non-hydrogen) atoms. The van der Waals surface area contributed by atoms with Gasteiger partial charge in [0.15, 0.2) is 18.3 Å². The molecule has 5 atom stereocenters. The normalized spacial score (nSPS) is 20.3. The first kappa shape index (κ1) is 42.6. The molecule has 12 heteroatoms. The second kappa shape index (κ2) is 19.7. The third-order valence-electron chi connectivity index (χ3n) is 7.35. The molecule has 10 nitrogen and oxygen atoms in total. The molecular formula is C38H56O10Si2. The van der Waals surface area contributed by atoms with Crippen LogP contribution in [0.3, 0.4) is 0 Å². The van der Waals surface area contributed by atoms with E-state index in [1.807, 2.05) is 12.1 Å². The van der Waals surface area contributed by atoms with Crippen LogP contribution < -0.4 is 4.74 Å². The molecule has 1 aromatic carbocycles. The molecule has 0 unspecified atom stereocenters. The number of benzene rings is 1. The standard InChI is InChI=1S/C38H56O10Si2/c1-12-13-14-15-16-17-20-43-33-24-30(18-21-49(6,7)8)32(23-31(33)19-22-50(9,10)11)35-37(46-28(4)41)38(47-29(5)42)36(45-27(3)40)34(48-35)25-44-26(2)39/h23-24,34-38H,12-17,20,25H2,1-11H3/t34-,35+,36-,37+,38+/m1/s1. The van der Waals surface area contributed by atoms with E-state index in [1.54, 1.807) is 0 Å². The predicted molar refractivity (Wildman–Crippen MR) is 197 cm³/mol. The van der Waals surface area contributed by atoms with E-state index in [0.717, 1.165) is 19.3 Å². The Bertz CT molecular complexity index is 1470. The highest BCUT2D eigenvalue weighted by Crippen LogP contribution is 2.40. The Labute approximate surface area is 300 Å². The lowest BCUT2D eigenvalue weighted by Crippen LogP contribution is -2.59. The minimum absolute atomic E-state index is 0.327. The molecule has 276 valence electrons. The lowest BCUT2D eigenvalue weighted by Gasteiger charge is -2.44. The van der Waals surface area contributed by atoms with Crippen molar-refractivity contribution in [1.82, 2.24) is 0 Å². The smallest absolute Gasteiger partial charge is 0.303 e. The van der Waals surface area contributed by atoms with E-state index >= 15 is 0 Å². The fraction of sp³-hybridized carbons (Fsp3) is 0.632. The summed E-state index contributed by atoms with van der Waals surface area (Å²) in [6.07, 6.45) is 0.663. The lowest BCUT2D eigenvalue weighted by molar-refractivity contribution is -0.254. The minimum Gasteiger partial charge on any atom is -0.492 e. The van der Waals surface area contributed by atoms with E-state index < -0.39 is 70.5 Å². The Balaban J connectivity index is 2.87. The molecule has 0 bridgehead atoms. The molecular weight excluding hydrogens is 673 g/mol. The molecule has 2 rings (SSSR count). The van der Waals surface area contributed by atoms with E-state index in [-0.39, 0.29) is 6.61 Å². The molecule has 0 amide bonds. The van der Waals surface area contributed by atoms with Gasteiger partial charge in [0.05, 0.1) is 12.2 Å². The highest BCUT2D eigenvalue weighted by Gasteiger charge is 2.53. The second-order valence-electron chi connectivity index (χ2n) is 14.7. The zero-order valence-corrected chi connectivity index (χ0v) is 33.8. The quantitative estimate of drug-likeness (QED) is 0.0674.